The van der Waals surface area contributed by atoms with Gasteiger partial charge in [0.15, 0.2) is 0 Å². The number of nitrogens with zero attached hydrogens (tertiary/aromatic N) is 1. The molecular weight excluding hydrogens is 290 g/mol. The highest BCUT2D eigenvalue weighted by Gasteiger charge is 2.10. The zero-order chi connectivity index (χ0) is 15.2. The molecule has 110 valence electrons. The second-order valence-corrected chi connectivity index (χ2v) is 5.29. The van der Waals surface area contributed by atoms with Crippen molar-refractivity contribution in [2.75, 3.05) is 6.54 Å². The van der Waals surface area contributed by atoms with Gasteiger partial charge in [0.25, 0.3) is 5.91 Å². The summed E-state index contributed by atoms with van der Waals surface area (Å²) in [7, 11) is 0. The summed E-state index contributed by atoms with van der Waals surface area (Å²) in [6, 6.07) is 6.35. The van der Waals surface area contributed by atoms with Gasteiger partial charge in [-0.3, -0.25) is 4.79 Å². The van der Waals surface area contributed by atoms with Crippen LogP contribution in [0.5, 0.6) is 0 Å². The average Bonchev–Trinajstić information content (AvgIpc) is 2.94. The van der Waals surface area contributed by atoms with Crippen molar-refractivity contribution in [3.63, 3.8) is 0 Å². The number of aromatic nitrogens is 1. The molecule has 1 aromatic heterocycles. The van der Waals surface area contributed by atoms with Gasteiger partial charge in [0.2, 0.25) is 0 Å². The van der Waals surface area contributed by atoms with Crippen LogP contribution >= 0.6 is 11.3 Å². The molecule has 0 aliphatic heterocycles. The Morgan fingerprint density at radius 3 is 2.62 bits per heavy atom. The summed E-state index contributed by atoms with van der Waals surface area (Å²) in [5, 5.41) is 14.1. The zero-order valence-corrected chi connectivity index (χ0v) is 12.0. The first-order chi connectivity index (χ1) is 10.1. The summed E-state index contributed by atoms with van der Waals surface area (Å²) in [6.45, 7) is 0.826. The number of carboxylic acid groups (broad SMARTS) is 1. The predicted molar refractivity (Wildman–Crippen MR) is 79.4 cm³/mol. The molecule has 1 heterocycles. The van der Waals surface area contributed by atoms with Crippen molar-refractivity contribution in [1.29, 1.82) is 0 Å². The highest BCUT2D eigenvalue weighted by atomic mass is 32.1. The van der Waals surface area contributed by atoms with Gasteiger partial charge in [0.05, 0.1) is 10.6 Å². The lowest BCUT2D eigenvalue weighted by molar-refractivity contribution is 0.0696. The molecule has 6 nitrogen and oxygen atoms in total. The number of carbonyl (C=O) groups is 2. The molecule has 21 heavy (non-hydrogen) atoms. The van der Waals surface area contributed by atoms with Gasteiger partial charge in [-0.15, -0.1) is 11.3 Å². The van der Waals surface area contributed by atoms with Gasteiger partial charge in [-0.1, -0.05) is 12.1 Å². The van der Waals surface area contributed by atoms with Crippen LogP contribution in [0.25, 0.3) is 0 Å². The minimum atomic E-state index is -0.972. The molecule has 0 aliphatic carbocycles. The van der Waals surface area contributed by atoms with Crippen LogP contribution in [0.2, 0.25) is 0 Å². The number of thiazole rings is 1. The fraction of sp³-hybridized carbons (Fsp3) is 0.214. The summed E-state index contributed by atoms with van der Waals surface area (Å²) >= 11 is 1.41. The number of amides is 1. The van der Waals surface area contributed by atoms with Crippen LogP contribution in [0, 0.1) is 0 Å². The predicted octanol–water partition coefficient (Wildman–Crippen LogP) is 1.27. The van der Waals surface area contributed by atoms with Crippen LogP contribution in [0.15, 0.2) is 29.6 Å². The van der Waals surface area contributed by atoms with E-state index in [1.54, 1.807) is 17.5 Å². The molecule has 0 spiro atoms. The molecule has 0 unspecified atom stereocenters. The fourth-order valence-corrected chi connectivity index (χ4v) is 2.49. The minimum absolute atomic E-state index is 0.219. The van der Waals surface area contributed by atoms with Crippen molar-refractivity contribution < 1.29 is 14.7 Å². The molecule has 0 aliphatic rings. The largest absolute Gasteiger partial charge is 0.478 e. The van der Waals surface area contributed by atoms with E-state index in [0.717, 1.165) is 10.6 Å². The summed E-state index contributed by atoms with van der Waals surface area (Å²) in [5.41, 5.74) is 6.86. The van der Waals surface area contributed by atoms with E-state index in [0.29, 0.717) is 25.2 Å². The van der Waals surface area contributed by atoms with E-state index < -0.39 is 5.97 Å². The number of benzene rings is 1. The smallest absolute Gasteiger partial charge is 0.335 e. The molecular formula is C14H15N3O3S. The normalized spacial score (nSPS) is 10.3. The Bertz CT molecular complexity index is 637. The molecule has 0 saturated heterocycles. The third kappa shape index (κ3) is 4.11. The molecule has 1 amide bonds. The fourth-order valence-electron chi connectivity index (χ4n) is 1.69. The Balaban J connectivity index is 1.92. The van der Waals surface area contributed by atoms with Crippen molar-refractivity contribution >= 4 is 23.2 Å². The number of nitrogens with two attached hydrogens (primary N) is 1. The molecule has 2 rings (SSSR count). The van der Waals surface area contributed by atoms with E-state index in [4.69, 9.17) is 10.8 Å². The summed E-state index contributed by atoms with van der Waals surface area (Å²) < 4.78 is 0. The maximum Gasteiger partial charge on any atom is 0.335 e. The topological polar surface area (TPSA) is 105 Å². The van der Waals surface area contributed by atoms with Crippen LogP contribution in [0.4, 0.5) is 0 Å². The van der Waals surface area contributed by atoms with E-state index in [-0.39, 0.29) is 11.5 Å². The number of carbonyl (C=O) groups excluding carboxylic acids is 1. The lowest BCUT2D eigenvalue weighted by atomic mass is 10.1. The first-order valence-electron chi connectivity index (χ1n) is 6.35. The third-order valence-corrected chi connectivity index (χ3v) is 3.71. The van der Waals surface area contributed by atoms with Gasteiger partial charge in [0.1, 0.15) is 5.69 Å². The Labute approximate surface area is 125 Å². The van der Waals surface area contributed by atoms with Gasteiger partial charge >= 0.3 is 5.97 Å². The number of aromatic carboxylic acids is 1. The molecule has 4 N–H and O–H groups in total. The number of carboxylic acids is 1. The SMILES string of the molecule is NCCc1nc(C(=O)NCc2ccc(C(=O)O)cc2)cs1. The van der Waals surface area contributed by atoms with Gasteiger partial charge in [0, 0.05) is 18.3 Å². The lowest BCUT2D eigenvalue weighted by Gasteiger charge is -2.04. The first kappa shape index (κ1) is 15.1. The minimum Gasteiger partial charge on any atom is -0.478 e. The highest BCUT2D eigenvalue weighted by Crippen LogP contribution is 2.10. The van der Waals surface area contributed by atoms with E-state index in [9.17, 15) is 9.59 Å². The Kier molecular flexibility index (Phi) is 5.02. The van der Waals surface area contributed by atoms with Gasteiger partial charge in [-0.25, -0.2) is 9.78 Å². The van der Waals surface area contributed by atoms with Crippen LogP contribution in [-0.2, 0) is 13.0 Å². The number of hydrogen-bond acceptors (Lipinski definition) is 5. The Morgan fingerprint density at radius 2 is 2.00 bits per heavy atom. The van der Waals surface area contributed by atoms with Crippen LogP contribution in [0.3, 0.4) is 0 Å². The van der Waals surface area contributed by atoms with Crippen molar-refractivity contribution in [3.8, 4) is 0 Å². The Hall–Kier alpha value is -2.25. The monoisotopic (exact) mass is 305 g/mol. The van der Waals surface area contributed by atoms with E-state index in [1.165, 1.54) is 23.5 Å². The van der Waals surface area contributed by atoms with Crippen LogP contribution < -0.4 is 11.1 Å². The average molecular weight is 305 g/mol. The summed E-state index contributed by atoms with van der Waals surface area (Å²) in [6.07, 6.45) is 0.661. The van der Waals surface area contributed by atoms with Gasteiger partial charge in [-0.05, 0) is 24.2 Å². The number of rotatable bonds is 6. The second kappa shape index (κ2) is 6.96. The number of nitrogens with one attached hydrogen (secondary N) is 1. The maximum absolute atomic E-state index is 11.9. The molecule has 0 saturated carbocycles. The van der Waals surface area contributed by atoms with Crippen molar-refractivity contribution in [1.82, 2.24) is 10.3 Å². The van der Waals surface area contributed by atoms with E-state index in [1.807, 2.05) is 0 Å². The molecule has 7 heteroatoms. The second-order valence-electron chi connectivity index (χ2n) is 4.35. The van der Waals surface area contributed by atoms with Gasteiger partial charge < -0.3 is 16.2 Å². The molecule has 0 atom stereocenters. The molecule has 1 aromatic carbocycles. The Morgan fingerprint density at radius 1 is 1.29 bits per heavy atom. The van der Waals surface area contributed by atoms with Crippen molar-refractivity contribution in [3.05, 3.63) is 51.5 Å². The van der Waals surface area contributed by atoms with Gasteiger partial charge in [-0.2, -0.15) is 0 Å². The maximum atomic E-state index is 11.9. The van der Waals surface area contributed by atoms with E-state index >= 15 is 0 Å². The van der Waals surface area contributed by atoms with E-state index in [2.05, 4.69) is 10.3 Å². The van der Waals surface area contributed by atoms with Crippen LogP contribution in [-0.4, -0.2) is 28.5 Å². The molecule has 2 aromatic rings. The summed E-state index contributed by atoms with van der Waals surface area (Å²) in [4.78, 5) is 26.8. The van der Waals surface area contributed by atoms with Crippen molar-refractivity contribution in [2.45, 2.75) is 13.0 Å². The van der Waals surface area contributed by atoms with Crippen LogP contribution in [0.1, 0.15) is 31.4 Å². The molecule has 0 fully saturated rings. The quantitative estimate of drug-likeness (QED) is 0.745. The summed E-state index contributed by atoms with van der Waals surface area (Å²) in [5.74, 6) is -1.22. The zero-order valence-electron chi connectivity index (χ0n) is 11.2. The standard InChI is InChI=1S/C14H15N3O3S/c15-6-5-12-17-11(8-21-12)13(18)16-7-9-1-3-10(4-2-9)14(19)20/h1-4,8H,5-7,15H2,(H,16,18)(H,19,20). The number of hydrogen-bond donors (Lipinski definition) is 3. The molecule has 0 bridgehead atoms. The third-order valence-electron chi connectivity index (χ3n) is 2.80. The lowest BCUT2D eigenvalue weighted by Crippen LogP contribution is -2.23. The highest BCUT2D eigenvalue weighted by molar-refractivity contribution is 7.09. The van der Waals surface area contributed by atoms with Crippen molar-refractivity contribution in [2.24, 2.45) is 5.73 Å². The first-order valence-corrected chi connectivity index (χ1v) is 7.23. The molecule has 0 radical (unpaired) electrons.